The highest BCUT2D eigenvalue weighted by atomic mass is 16.3. The average Bonchev–Trinajstić information content (AvgIpc) is 3.39. The Balaban J connectivity index is 1.40. The van der Waals surface area contributed by atoms with Gasteiger partial charge in [-0.15, -0.1) is 0 Å². The molecule has 1 saturated heterocycles. The van der Waals surface area contributed by atoms with Crippen molar-refractivity contribution in [2.75, 3.05) is 13.1 Å². The fraction of sp³-hybridized carbons (Fsp3) is 0.350. The number of nitrogens with one attached hydrogen (secondary N) is 1. The first-order valence-corrected chi connectivity index (χ1v) is 9.25. The van der Waals surface area contributed by atoms with Gasteiger partial charge in [0, 0.05) is 37.6 Å². The van der Waals surface area contributed by atoms with Crippen molar-refractivity contribution < 1.29 is 9.21 Å². The van der Waals surface area contributed by atoms with Gasteiger partial charge in [0.15, 0.2) is 0 Å². The van der Waals surface area contributed by atoms with Crippen molar-refractivity contribution in [3.05, 3.63) is 72.5 Å². The second-order valence-corrected chi connectivity index (χ2v) is 6.76. The van der Waals surface area contributed by atoms with Crippen molar-refractivity contribution in [2.24, 2.45) is 0 Å². The molecule has 1 aliphatic heterocycles. The molecular weight excluding hydrogens is 342 g/mol. The molecule has 0 radical (unpaired) electrons. The maximum atomic E-state index is 12.5. The number of hydrogen-bond donors (Lipinski definition) is 1. The van der Waals surface area contributed by atoms with Gasteiger partial charge in [-0.25, -0.2) is 9.78 Å². The number of carbonyl (C=O) groups is 1. The van der Waals surface area contributed by atoms with Gasteiger partial charge in [0.05, 0.1) is 25.0 Å². The van der Waals surface area contributed by atoms with Crippen LogP contribution in [0.2, 0.25) is 0 Å². The summed E-state index contributed by atoms with van der Waals surface area (Å²) in [5, 5.41) is 2.93. The van der Waals surface area contributed by atoms with Gasteiger partial charge in [0.1, 0.15) is 11.6 Å². The third-order valence-corrected chi connectivity index (χ3v) is 4.87. The highest BCUT2D eigenvalue weighted by Gasteiger charge is 2.27. The second-order valence-electron chi connectivity index (χ2n) is 6.76. The van der Waals surface area contributed by atoms with E-state index in [0.717, 1.165) is 36.7 Å². The number of nitrogens with zero attached hydrogens (tertiary/aromatic N) is 4. The molecule has 27 heavy (non-hydrogen) atoms. The molecule has 0 unspecified atom stereocenters. The monoisotopic (exact) mass is 365 g/mol. The zero-order chi connectivity index (χ0) is 18.5. The van der Waals surface area contributed by atoms with Crippen LogP contribution in [0.5, 0.6) is 0 Å². The number of pyridine rings is 1. The van der Waals surface area contributed by atoms with Crippen LogP contribution in [0.3, 0.4) is 0 Å². The first-order valence-electron chi connectivity index (χ1n) is 9.25. The molecule has 4 heterocycles. The zero-order valence-corrected chi connectivity index (χ0v) is 15.1. The molecule has 0 spiro atoms. The minimum Gasteiger partial charge on any atom is -0.467 e. The number of rotatable bonds is 5. The maximum Gasteiger partial charge on any atom is 0.317 e. The number of carbonyl (C=O) groups excluding carboxylic acids is 1. The standard InChI is InChI=1S/C20H23N5O2/c26-20(23-13-18-7-4-12-27-18)25-10-3-5-16(14-25)19-22-9-11-24(19)15-17-6-1-2-8-21-17/h1-2,4,6-9,11-12,16H,3,5,10,13-15H2,(H,23,26)/t16-/m0/s1. The maximum absolute atomic E-state index is 12.5. The Hall–Kier alpha value is -3.09. The van der Waals surface area contributed by atoms with E-state index in [1.54, 1.807) is 12.5 Å². The van der Waals surface area contributed by atoms with Crippen molar-refractivity contribution in [2.45, 2.75) is 31.8 Å². The van der Waals surface area contributed by atoms with Crippen LogP contribution < -0.4 is 5.32 Å². The lowest BCUT2D eigenvalue weighted by atomic mass is 9.97. The van der Waals surface area contributed by atoms with Crippen LogP contribution in [-0.2, 0) is 13.1 Å². The fourth-order valence-corrected chi connectivity index (χ4v) is 3.54. The minimum absolute atomic E-state index is 0.0565. The Morgan fingerprint density at radius 2 is 2.19 bits per heavy atom. The van der Waals surface area contributed by atoms with Gasteiger partial charge in [-0.05, 0) is 37.1 Å². The Kier molecular flexibility index (Phi) is 5.18. The number of aromatic nitrogens is 3. The van der Waals surface area contributed by atoms with Crippen molar-refractivity contribution in [1.29, 1.82) is 0 Å². The van der Waals surface area contributed by atoms with Gasteiger partial charge in [-0.3, -0.25) is 4.98 Å². The molecule has 3 aromatic heterocycles. The lowest BCUT2D eigenvalue weighted by molar-refractivity contribution is 0.176. The van der Waals surface area contributed by atoms with Crippen molar-refractivity contribution in [1.82, 2.24) is 24.8 Å². The molecule has 0 bridgehead atoms. The van der Waals surface area contributed by atoms with E-state index < -0.39 is 0 Å². The van der Waals surface area contributed by atoms with Crippen LogP contribution in [0, 0.1) is 0 Å². The van der Waals surface area contributed by atoms with Crippen LogP contribution in [0.4, 0.5) is 4.79 Å². The van der Waals surface area contributed by atoms with E-state index in [1.807, 2.05) is 47.6 Å². The molecule has 1 N–H and O–H groups in total. The predicted molar refractivity (Wildman–Crippen MR) is 100 cm³/mol. The summed E-state index contributed by atoms with van der Waals surface area (Å²) in [6.45, 7) is 2.53. The molecule has 140 valence electrons. The van der Waals surface area contributed by atoms with Crippen LogP contribution >= 0.6 is 0 Å². The van der Waals surface area contributed by atoms with Crippen molar-refractivity contribution >= 4 is 6.03 Å². The number of amides is 2. The zero-order valence-electron chi connectivity index (χ0n) is 15.1. The summed E-state index contributed by atoms with van der Waals surface area (Å²) in [7, 11) is 0. The van der Waals surface area contributed by atoms with E-state index in [0.29, 0.717) is 19.6 Å². The molecule has 1 aliphatic rings. The van der Waals surface area contributed by atoms with E-state index in [1.165, 1.54) is 0 Å². The molecule has 4 rings (SSSR count). The summed E-state index contributed by atoms with van der Waals surface area (Å²) in [6.07, 6.45) is 9.22. The molecule has 7 nitrogen and oxygen atoms in total. The molecule has 0 aliphatic carbocycles. The first kappa shape index (κ1) is 17.3. The Bertz CT molecular complexity index is 860. The number of likely N-dealkylation sites (tertiary alicyclic amines) is 1. The van der Waals surface area contributed by atoms with E-state index in [9.17, 15) is 4.79 Å². The summed E-state index contributed by atoms with van der Waals surface area (Å²) in [6, 6.07) is 9.54. The lowest BCUT2D eigenvalue weighted by Gasteiger charge is -2.32. The summed E-state index contributed by atoms with van der Waals surface area (Å²) in [5.74, 6) is 2.00. The van der Waals surface area contributed by atoms with Gasteiger partial charge >= 0.3 is 6.03 Å². The number of furan rings is 1. The number of hydrogen-bond acceptors (Lipinski definition) is 4. The largest absolute Gasteiger partial charge is 0.467 e. The molecule has 3 aromatic rings. The first-order chi connectivity index (χ1) is 13.3. The quantitative estimate of drug-likeness (QED) is 0.754. The molecule has 2 amide bonds. The van der Waals surface area contributed by atoms with Gasteiger partial charge in [-0.1, -0.05) is 6.07 Å². The molecule has 7 heteroatoms. The van der Waals surface area contributed by atoms with Crippen LogP contribution in [-0.4, -0.2) is 38.6 Å². The lowest BCUT2D eigenvalue weighted by Crippen LogP contribution is -2.45. The Labute approximate surface area is 158 Å². The average molecular weight is 365 g/mol. The topological polar surface area (TPSA) is 76.2 Å². The number of imidazole rings is 1. The second kappa shape index (κ2) is 8.07. The van der Waals surface area contributed by atoms with Crippen LogP contribution in [0.1, 0.15) is 36.0 Å². The summed E-state index contributed by atoms with van der Waals surface area (Å²) in [5.41, 5.74) is 1.00. The van der Waals surface area contributed by atoms with E-state index in [-0.39, 0.29) is 11.9 Å². The number of piperidine rings is 1. The number of urea groups is 1. The smallest absolute Gasteiger partial charge is 0.317 e. The van der Waals surface area contributed by atoms with E-state index in [4.69, 9.17) is 4.42 Å². The van der Waals surface area contributed by atoms with E-state index in [2.05, 4.69) is 19.9 Å². The predicted octanol–water partition coefficient (Wildman–Crippen LogP) is 3.01. The molecule has 0 aromatic carbocycles. The van der Waals surface area contributed by atoms with Gasteiger partial charge in [0.2, 0.25) is 0 Å². The Morgan fingerprint density at radius 3 is 3.00 bits per heavy atom. The molecule has 0 saturated carbocycles. The normalized spacial score (nSPS) is 17.0. The molecular formula is C20H23N5O2. The van der Waals surface area contributed by atoms with Crippen molar-refractivity contribution in [3.63, 3.8) is 0 Å². The summed E-state index contributed by atoms with van der Waals surface area (Å²) < 4.78 is 7.41. The summed E-state index contributed by atoms with van der Waals surface area (Å²) in [4.78, 5) is 23.4. The van der Waals surface area contributed by atoms with Gasteiger partial charge < -0.3 is 19.2 Å². The van der Waals surface area contributed by atoms with Crippen molar-refractivity contribution in [3.8, 4) is 0 Å². The SMILES string of the molecule is O=C(NCc1ccco1)N1CCC[C@H](c2nccn2Cc2ccccn2)C1. The third kappa shape index (κ3) is 4.19. The summed E-state index contributed by atoms with van der Waals surface area (Å²) >= 11 is 0. The van der Waals surface area contributed by atoms with Crippen LogP contribution in [0.25, 0.3) is 0 Å². The van der Waals surface area contributed by atoms with Gasteiger partial charge in [-0.2, -0.15) is 0 Å². The van der Waals surface area contributed by atoms with Gasteiger partial charge in [0.25, 0.3) is 0 Å². The minimum atomic E-state index is -0.0565. The molecule has 1 atom stereocenters. The third-order valence-electron chi connectivity index (χ3n) is 4.87. The van der Waals surface area contributed by atoms with E-state index >= 15 is 0 Å². The Morgan fingerprint density at radius 1 is 1.22 bits per heavy atom. The van der Waals surface area contributed by atoms with Crippen LogP contribution in [0.15, 0.2) is 59.6 Å². The highest BCUT2D eigenvalue weighted by molar-refractivity contribution is 5.74. The highest BCUT2D eigenvalue weighted by Crippen LogP contribution is 2.26. The fourth-order valence-electron chi connectivity index (χ4n) is 3.54. The molecule has 1 fully saturated rings.